The van der Waals surface area contributed by atoms with Crippen molar-refractivity contribution in [1.29, 1.82) is 0 Å². The molecule has 1 amide bonds. The average Bonchev–Trinajstić information content (AvgIpc) is 3.33. The van der Waals surface area contributed by atoms with Crippen molar-refractivity contribution >= 4 is 33.9 Å². The van der Waals surface area contributed by atoms with Crippen LogP contribution in [0.15, 0.2) is 69.9 Å². The molecular formula is C26H19F2N5O3. The maximum absolute atomic E-state index is 13.6. The zero-order valence-electron chi connectivity index (χ0n) is 18.9. The molecule has 5 aromatic rings. The Hall–Kier alpha value is -4.60. The predicted octanol–water partition coefficient (Wildman–Crippen LogP) is 3.97. The van der Waals surface area contributed by atoms with Crippen molar-refractivity contribution in [2.24, 2.45) is 0 Å². The first kappa shape index (κ1) is 21.9. The topological polar surface area (TPSA) is 95.3 Å². The number of rotatable bonds is 3. The van der Waals surface area contributed by atoms with Crippen molar-refractivity contribution in [3.8, 4) is 11.5 Å². The molecule has 0 spiro atoms. The molecule has 1 aliphatic rings. The molecule has 1 fully saturated rings. The average molecular weight is 487 g/mol. The van der Waals surface area contributed by atoms with Gasteiger partial charge in [0.1, 0.15) is 5.52 Å². The minimum atomic E-state index is -0.993. The van der Waals surface area contributed by atoms with Crippen LogP contribution < -0.4 is 10.5 Å². The first-order chi connectivity index (χ1) is 17.5. The summed E-state index contributed by atoms with van der Waals surface area (Å²) in [5.41, 5.74) is 2.03. The van der Waals surface area contributed by atoms with Crippen LogP contribution in [0, 0.1) is 11.6 Å². The van der Waals surface area contributed by atoms with Gasteiger partial charge in [0.25, 0.3) is 11.5 Å². The number of hydrogen-bond acceptors (Lipinski definition) is 6. The van der Waals surface area contributed by atoms with Crippen LogP contribution in [0.4, 0.5) is 14.7 Å². The van der Waals surface area contributed by atoms with Crippen LogP contribution in [-0.4, -0.2) is 51.9 Å². The Morgan fingerprint density at radius 1 is 0.889 bits per heavy atom. The Kier molecular flexibility index (Phi) is 5.21. The number of carbonyl (C=O) groups is 1. The molecule has 0 bridgehead atoms. The van der Waals surface area contributed by atoms with E-state index in [2.05, 4.69) is 15.0 Å². The largest absolute Gasteiger partial charge is 0.436 e. The molecule has 1 aliphatic heterocycles. The molecule has 3 heterocycles. The number of nitrogens with zero attached hydrogens (tertiary/aromatic N) is 4. The number of oxazole rings is 1. The van der Waals surface area contributed by atoms with Crippen molar-refractivity contribution in [3.05, 3.63) is 88.2 Å². The van der Waals surface area contributed by atoms with Gasteiger partial charge in [0.15, 0.2) is 17.2 Å². The lowest BCUT2D eigenvalue weighted by Gasteiger charge is -2.35. The van der Waals surface area contributed by atoms with Gasteiger partial charge in [-0.05, 0) is 48.5 Å². The van der Waals surface area contributed by atoms with Gasteiger partial charge in [-0.3, -0.25) is 14.6 Å². The quantitative estimate of drug-likeness (QED) is 0.414. The van der Waals surface area contributed by atoms with Gasteiger partial charge in [-0.2, -0.15) is 0 Å². The molecule has 0 saturated carbocycles. The van der Waals surface area contributed by atoms with E-state index in [9.17, 15) is 18.4 Å². The zero-order chi connectivity index (χ0) is 24.8. The number of aromatic nitrogens is 3. The van der Waals surface area contributed by atoms with Crippen LogP contribution in [0.25, 0.3) is 33.5 Å². The molecule has 0 radical (unpaired) electrons. The Morgan fingerprint density at radius 2 is 1.69 bits per heavy atom. The molecule has 8 nitrogen and oxygen atoms in total. The number of carbonyl (C=O) groups excluding carboxylic acids is 1. The fourth-order valence-corrected chi connectivity index (χ4v) is 4.34. The van der Waals surface area contributed by atoms with Gasteiger partial charge >= 0.3 is 0 Å². The zero-order valence-corrected chi connectivity index (χ0v) is 18.9. The summed E-state index contributed by atoms with van der Waals surface area (Å²) < 4.78 is 32.6. The van der Waals surface area contributed by atoms with Crippen molar-refractivity contribution in [2.45, 2.75) is 0 Å². The highest BCUT2D eigenvalue weighted by molar-refractivity contribution is 5.97. The first-order valence-corrected chi connectivity index (χ1v) is 11.4. The van der Waals surface area contributed by atoms with Gasteiger partial charge in [0, 0.05) is 37.3 Å². The lowest BCUT2D eigenvalue weighted by atomic mass is 10.1. The number of H-pyrrole nitrogens is 1. The van der Waals surface area contributed by atoms with Crippen LogP contribution >= 0.6 is 0 Å². The number of hydrogen-bond donors (Lipinski definition) is 1. The lowest BCUT2D eigenvalue weighted by Crippen LogP contribution is -2.49. The molecule has 180 valence electrons. The van der Waals surface area contributed by atoms with Crippen LogP contribution in [0.3, 0.4) is 0 Å². The Morgan fingerprint density at radius 3 is 2.50 bits per heavy atom. The number of piperazine rings is 1. The molecule has 1 saturated heterocycles. The van der Waals surface area contributed by atoms with E-state index in [-0.39, 0.29) is 17.4 Å². The predicted molar refractivity (Wildman–Crippen MR) is 130 cm³/mol. The van der Waals surface area contributed by atoms with E-state index in [0.29, 0.717) is 65.3 Å². The Balaban J connectivity index is 1.19. The van der Waals surface area contributed by atoms with E-state index in [0.717, 1.165) is 12.1 Å². The van der Waals surface area contributed by atoms with Gasteiger partial charge in [-0.1, -0.05) is 12.1 Å². The Labute approximate surface area is 202 Å². The summed E-state index contributed by atoms with van der Waals surface area (Å²) in [6.07, 6.45) is 0. The van der Waals surface area contributed by atoms with Crippen molar-refractivity contribution in [1.82, 2.24) is 19.9 Å². The minimum Gasteiger partial charge on any atom is -0.436 e. The van der Waals surface area contributed by atoms with E-state index in [1.54, 1.807) is 41.3 Å². The minimum absolute atomic E-state index is 0.138. The monoisotopic (exact) mass is 487 g/mol. The summed E-state index contributed by atoms with van der Waals surface area (Å²) in [5, 5.41) is 0.533. The molecule has 3 aromatic carbocycles. The second-order valence-electron chi connectivity index (χ2n) is 8.52. The van der Waals surface area contributed by atoms with E-state index in [4.69, 9.17) is 4.42 Å². The fourth-order valence-electron chi connectivity index (χ4n) is 4.34. The number of nitrogens with one attached hydrogen (secondary N) is 1. The highest BCUT2D eigenvalue weighted by Crippen LogP contribution is 2.27. The van der Waals surface area contributed by atoms with Gasteiger partial charge in [-0.15, -0.1) is 0 Å². The van der Waals surface area contributed by atoms with Gasteiger partial charge in [-0.25, -0.2) is 18.7 Å². The number of benzene rings is 3. The Bertz CT molecular complexity index is 1690. The van der Waals surface area contributed by atoms with Crippen LogP contribution in [-0.2, 0) is 0 Å². The first-order valence-electron chi connectivity index (χ1n) is 11.4. The maximum atomic E-state index is 13.6. The SMILES string of the molecule is O=C(c1ccc2nc(-c3ccc(F)c(F)c3)oc2c1)N1CCN(c2nc3ccccc3c(=O)[nH]2)CC1. The summed E-state index contributed by atoms with van der Waals surface area (Å²) in [6, 6.07) is 15.5. The summed E-state index contributed by atoms with van der Waals surface area (Å²) >= 11 is 0. The molecule has 10 heteroatoms. The van der Waals surface area contributed by atoms with E-state index < -0.39 is 11.6 Å². The highest BCUT2D eigenvalue weighted by Gasteiger charge is 2.24. The number of para-hydroxylation sites is 1. The summed E-state index contributed by atoms with van der Waals surface area (Å²) in [5.74, 6) is -1.49. The molecule has 0 atom stereocenters. The second-order valence-corrected chi connectivity index (χ2v) is 8.52. The number of halogens is 2. The van der Waals surface area contributed by atoms with Gasteiger partial charge in [0.2, 0.25) is 11.8 Å². The molecule has 36 heavy (non-hydrogen) atoms. The van der Waals surface area contributed by atoms with Crippen LogP contribution in [0.1, 0.15) is 10.4 Å². The van der Waals surface area contributed by atoms with E-state index in [1.165, 1.54) is 6.07 Å². The normalized spacial score (nSPS) is 14.1. The van der Waals surface area contributed by atoms with Gasteiger partial charge in [0.05, 0.1) is 10.9 Å². The smallest absolute Gasteiger partial charge is 0.260 e. The standard InChI is InChI=1S/C26H19F2N5O3/c27-18-7-5-15(13-19(18)28)24-29-21-8-6-16(14-22(21)36-24)25(35)32-9-11-33(12-10-32)26-30-20-4-2-1-3-17(20)23(34)31-26/h1-8,13-14H,9-12H2,(H,30,31,34). The second kappa shape index (κ2) is 8.56. The van der Waals surface area contributed by atoms with E-state index in [1.807, 2.05) is 11.0 Å². The van der Waals surface area contributed by atoms with Crippen molar-refractivity contribution < 1.29 is 18.0 Å². The molecular weight excluding hydrogens is 468 g/mol. The summed E-state index contributed by atoms with van der Waals surface area (Å²) in [7, 11) is 0. The molecule has 0 aliphatic carbocycles. The van der Waals surface area contributed by atoms with Crippen molar-refractivity contribution in [2.75, 3.05) is 31.1 Å². The summed E-state index contributed by atoms with van der Waals surface area (Å²) in [4.78, 5) is 40.9. The number of fused-ring (bicyclic) bond motifs is 2. The number of amides is 1. The van der Waals surface area contributed by atoms with Crippen LogP contribution in [0.2, 0.25) is 0 Å². The van der Waals surface area contributed by atoms with Crippen molar-refractivity contribution in [3.63, 3.8) is 0 Å². The van der Waals surface area contributed by atoms with Crippen LogP contribution in [0.5, 0.6) is 0 Å². The third kappa shape index (κ3) is 3.86. The fraction of sp³-hybridized carbons (Fsp3) is 0.154. The molecule has 2 aromatic heterocycles. The lowest BCUT2D eigenvalue weighted by molar-refractivity contribution is 0.0746. The summed E-state index contributed by atoms with van der Waals surface area (Å²) in [6.45, 7) is 1.92. The third-order valence-corrected chi connectivity index (χ3v) is 6.27. The highest BCUT2D eigenvalue weighted by atomic mass is 19.2. The van der Waals surface area contributed by atoms with E-state index >= 15 is 0 Å². The number of aromatic amines is 1. The molecule has 1 N–H and O–H groups in total. The third-order valence-electron chi connectivity index (χ3n) is 6.27. The molecule has 0 unspecified atom stereocenters. The van der Waals surface area contributed by atoms with Gasteiger partial charge < -0.3 is 14.2 Å². The molecule has 6 rings (SSSR count). The number of anilines is 1. The maximum Gasteiger partial charge on any atom is 0.260 e.